The molecule has 0 radical (unpaired) electrons. The smallest absolute Gasteiger partial charge is 0.311 e. The first-order chi connectivity index (χ1) is 9.08. The average Bonchev–Trinajstić information content (AvgIpc) is 2.85. The number of nitrogens with zero attached hydrogens (tertiary/aromatic N) is 1. The lowest BCUT2D eigenvalue weighted by atomic mass is 10.2. The molecule has 1 aromatic heterocycles. The molecular formula is C11H15N5O3. The van der Waals surface area contributed by atoms with E-state index in [4.69, 9.17) is 0 Å². The Labute approximate surface area is 108 Å². The van der Waals surface area contributed by atoms with Crippen molar-refractivity contribution in [2.75, 3.05) is 6.54 Å². The number of hydrogen-bond donors (Lipinski definition) is 4. The Morgan fingerprint density at radius 2 is 2.21 bits per heavy atom. The average molecular weight is 265 g/mol. The number of amides is 1. The van der Waals surface area contributed by atoms with E-state index in [2.05, 4.69) is 25.8 Å². The van der Waals surface area contributed by atoms with E-state index in [0.717, 1.165) is 19.4 Å². The maximum absolute atomic E-state index is 11.6. The molecule has 0 spiro atoms. The molecule has 2 heterocycles. The minimum absolute atomic E-state index is 0.208. The highest BCUT2D eigenvalue weighted by Gasteiger charge is 2.21. The SMILES string of the molecule is Cc1[nH]c(=O)[nH]c(=O)c1/C=N/NC(=O)C1CCCN1. The third kappa shape index (κ3) is 3.16. The van der Waals surface area contributed by atoms with Crippen LogP contribution in [0.4, 0.5) is 0 Å². The summed E-state index contributed by atoms with van der Waals surface area (Å²) in [4.78, 5) is 38.7. The number of nitrogens with one attached hydrogen (secondary N) is 4. The van der Waals surface area contributed by atoms with Gasteiger partial charge in [-0.15, -0.1) is 0 Å². The molecule has 0 saturated carbocycles. The highest BCUT2D eigenvalue weighted by atomic mass is 16.2. The van der Waals surface area contributed by atoms with Gasteiger partial charge in [-0.1, -0.05) is 0 Å². The van der Waals surface area contributed by atoms with Crippen molar-refractivity contribution < 1.29 is 4.79 Å². The van der Waals surface area contributed by atoms with Crippen molar-refractivity contribution in [1.29, 1.82) is 0 Å². The molecule has 0 bridgehead atoms. The lowest BCUT2D eigenvalue weighted by Gasteiger charge is -2.06. The summed E-state index contributed by atoms with van der Waals surface area (Å²) >= 11 is 0. The maximum atomic E-state index is 11.6. The molecule has 19 heavy (non-hydrogen) atoms. The molecule has 2 rings (SSSR count). The Kier molecular flexibility index (Phi) is 3.91. The summed E-state index contributed by atoms with van der Waals surface area (Å²) in [6.07, 6.45) is 2.96. The molecule has 0 aliphatic carbocycles. The molecule has 1 saturated heterocycles. The van der Waals surface area contributed by atoms with Gasteiger partial charge in [0.15, 0.2) is 0 Å². The fourth-order valence-corrected chi connectivity index (χ4v) is 1.91. The highest BCUT2D eigenvalue weighted by molar-refractivity contribution is 5.85. The van der Waals surface area contributed by atoms with Crippen LogP contribution in [-0.2, 0) is 4.79 Å². The number of carbonyl (C=O) groups is 1. The largest absolute Gasteiger partial charge is 0.325 e. The summed E-state index contributed by atoms with van der Waals surface area (Å²) in [5, 5.41) is 6.76. The van der Waals surface area contributed by atoms with Crippen LogP contribution in [0, 0.1) is 6.92 Å². The molecule has 1 aromatic rings. The molecule has 8 nitrogen and oxygen atoms in total. The fraction of sp³-hybridized carbons (Fsp3) is 0.455. The first-order valence-corrected chi connectivity index (χ1v) is 5.97. The zero-order chi connectivity index (χ0) is 13.8. The van der Waals surface area contributed by atoms with Gasteiger partial charge in [-0.25, -0.2) is 10.2 Å². The zero-order valence-electron chi connectivity index (χ0n) is 10.4. The highest BCUT2D eigenvalue weighted by Crippen LogP contribution is 2.04. The summed E-state index contributed by atoms with van der Waals surface area (Å²) in [6, 6.07) is -0.230. The lowest BCUT2D eigenvalue weighted by Crippen LogP contribution is -2.38. The standard InChI is InChI=1S/C11H15N5O3/c1-6-7(9(17)15-11(19)14-6)5-13-16-10(18)8-3-2-4-12-8/h5,8,12H,2-4H2,1H3,(H,16,18)(H2,14,15,17,19)/b13-5+. The van der Waals surface area contributed by atoms with Crippen molar-refractivity contribution in [3.63, 3.8) is 0 Å². The second-order valence-electron chi connectivity index (χ2n) is 4.33. The molecule has 102 valence electrons. The van der Waals surface area contributed by atoms with Gasteiger partial charge in [0.25, 0.3) is 11.5 Å². The van der Waals surface area contributed by atoms with Gasteiger partial charge >= 0.3 is 5.69 Å². The molecule has 1 fully saturated rings. The summed E-state index contributed by atoms with van der Waals surface area (Å²) in [6.45, 7) is 2.40. The Morgan fingerprint density at radius 1 is 1.42 bits per heavy atom. The Hall–Kier alpha value is -2.22. The van der Waals surface area contributed by atoms with Gasteiger partial charge in [0, 0.05) is 5.69 Å². The first-order valence-electron chi connectivity index (χ1n) is 5.97. The molecule has 1 aliphatic rings. The van der Waals surface area contributed by atoms with Crippen LogP contribution < -0.4 is 22.0 Å². The third-order valence-electron chi connectivity index (χ3n) is 2.92. The van der Waals surface area contributed by atoms with Crippen LogP contribution in [0.3, 0.4) is 0 Å². The van der Waals surface area contributed by atoms with Crippen molar-refractivity contribution in [2.45, 2.75) is 25.8 Å². The number of hydrazone groups is 1. The number of H-pyrrole nitrogens is 2. The lowest BCUT2D eigenvalue weighted by molar-refractivity contribution is -0.122. The van der Waals surface area contributed by atoms with Gasteiger partial charge in [-0.05, 0) is 26.3 Å². The van der Waals surface area contributed by atoms with Gasteiger partial charge in [-0.2, -0.15) is 5.10 Å². The van der Waals surface area contributed by atoms with E-state index < -0.39 is 11.2 Å². The van der Waals surface area contributed by atoms with Gasteiger partial charge in [0.2, 0.25) is 0 Å². The van der Waals surface area contributed by atoms with Crippen LogP contribution in [0.25, 0.3) is 0 Å². The quantitative estimate of drug-likeness (QED) is 0.396. The minimum atomic E-state index is -0.571. The predicted molar refractivity (Wildman–Crippen MR) is 69.2 cm³/mol. The van der Waals surface area contributed by atoms with E-state index >= 15 is 0 Å². The van der Waals surface area contributed by atoms with E-state index in [1.54, 1.807) is 6.92 Å². The fourth-order valence-electron chi connectivity index (χ4n) is 1.91. The number of aromatic amines is 2. The third-order valence-corrected chi connectivity index (χ3v) is 2.92. The second-order valence-corrected chi connectivity index (χ2v) is 4.33. The minimum Gasteiger partial charge on any atom is -0.311 e. The molecule has 0 aromatic carbocycles. The van der Waals surface area contributed by atoms with Gasteiger partial charge in [0.1, 0.15) is 0 Å². The summed E-state index contributed by atoms with van der Waals surface area (Å²) < 4.78 is 0. The van der Waals surface area contributed by atoms with Crippen molar-refractivity contribution in [3.05, 3.63) is 32.1 Å². The monoisotopic (exact) mass is 265 g/mol. The Balaban J connectivity index is 2.05. The van der Waals surface area contributed by atoms with Crippen LogP contribution in [0.5, 0.6) is 0 Å². The number of hydrogen-bond acceptors (Lipinski definition) is 5. The van der Waals surface area contributed by atoms with E-state index in [1.807, 2.05) is 0 Å². The van der Waals surface area contributed by atoms with E-state index in [1.165, 1.54) is 6.21 Å². The van der Waals surface area contributed by atoms with Gasteiger partial charge in [-0.3, -0.25) is 14.6 Å². The first kappa shape index (κ1) is 13.2. The van der Waals surface area contributed by atoms with Crippen LogP contribution in [0.1, 0.15) is 24.1 Å². The molecule has 1 atom stereocenters. The summed E-state index contributed by atoms with van der Waals surface area (Å²) in [5.41, 5.74) is 1.85. The van der Waals surface area contributed by atoms with E-state index in [9.17, 15) is 14.4 Å². The van der Waals surface area contributed by atoms with Crippen molar-refractivity contribution in [3.8, 4) is 0 Å². The molecule has 1 amide bonds. The number of rotatable bonds is 3. The maximum Gasteiger partial charge on any atom is 0.325 e. The normalized spacial score (nSPS) is 18.9. The zero-order valence-corrected chi connectivity index (χ0v) is 10.4. The number of aromatic nitrogens is 2. The number of carbonyl (C=O) groups excluding carboxylic acids is 1. The Bertz CT molecular complexity index is 609. The van der Waals surface area contributed by atoms with Crippen LogP contribution in [0.2, 0.25) is 0 Å². The van der Waals surface area contributed by atoms with Gasteiger partial charge in [0.05, 0.1) is 17.8 Å². The van der Waals surface area contributed by atoms with Crippen LogP contribution >= 0.6 is 0 Å². The van der Waals surface area contributed by atoms with Crippen molar-refractivity contribution >= 4 is 12.1 Å². The number of aryl methyl sites for hydroxylation is 1. The molecular weight excluding hydrogens is 250 g/mol. The van der Waals surface area contributed by atoms with Gasteiger partial charge < -0.3 is 10.3 Å². The Morgan fingerprint density at radius 3 is 2.84 bits per heavy atom. The molecule has 4 N–H and O–H groups in total. The predicted octanol–water partition coefficient (Wildman–Crippen LogP) is -1.43. The summed E-state index contributed by atoms with van der Waals surface area (Å²) in [7, 11) is 0. The van der Waals surface area contributed by atoms with Crippen LogP contribution in [-0.4, -0.2) is 34.7 Å². The van der Waals surface area contributed by atoms with Crippen molar-refractivity contribution in [2.24, 2.45) is 5.10 Å². The van der Waals surface area contributed by atoms with Crippen molar-refractivity contribution in [1.82, 2.24) is 20.7 Å². The summed E-state index contributed by atoms with van der Waals surface area (Å²) in [5.74, 6) is -0.229. The second kappa shape index (κ2) is 5.61. The van der Waals surface area contributed by atoms with E-state index in [0.29, 0.717) is 5.69 Å². The van der Waals surface area contributed by atoms with Crippen LogP contribution in [0.15, 0.2) is 14.7 Å². The molecule has 1 unspecified atom stereocenters. The molecule has 8 heteroatoms. The van der Waals surface area contributed by atoms with E-state index in [-0.39, 0.29) is 17.5 Å². The molecule has 1 aliphatic heterocycles. The topological polar surface area (TPSA) is 119 Å².